The molecule has 0 atom stereocenters. The van der Waals surface area contributed by atoms with E-state index in [2.05, 4.69) is 12.6 Å². The molecule has 0 radical (unpaired) electrons. The number of thiol groups is 1. The fourth-order valence-electron chi connectivity index (χ4n) is 1.88. The minimum atomic E-state index is -1.57. The summed E-state index contributed by atoms with van der Waals surface area (Å²) >= 11 is 6.37. The van der Waals surface area contributed by atoms with E-state index >= 15 is 0 Å². The molecule has 3 nitrogen and oxygen atoms in total. The number of hydrogen-bond acceptors (Lipinski definition) is 5. The maximum Gasteiger partial charge on any atom is 0.224 e. The van der Waals surface area contributed by atoms with Crippen molar-refractivity contribution in [3.05, 3.63) is 0 Å². The van der Waals surface area contributed by atoms with E-state index in [-0.39, 0.29) is 0 Å². The Morgan fingerprint density at radius 2 is 1.82 bits per heavy atom. The molecule has 1 aliphatic carbocycles. The van der Waals surface area contributed by atoms with Gasteiger partial charge in [0.05, 0.1) is 0 Å². The Labute approximate surface area is 115 Å². The molecule has 0 aromatic rings. The first-order valence-corrected chi connectivity index (χ1v) is 8.99. The zero-order valence-corrected chi connectivity index (χ0v) is 13.1. The molecule has 1 fully saturated rings. The smallest absolute Gasteiger partial charge is 0.224 e. The summed E-state index contributed by atoms with van der Waals surface area (Å²) in [6.45, 7) is 0. The van der Waals surface area contributed by atoms with Gasteiger partial charge in [-0.3, -0.25) is 9.13 Å². The van der Waals surface area contributed by atoms with Gasteiger partial charge in [-0.05, 0) is 44.3 Å². The molecule has 98 valence electrons. The summed E-state index contributed by atoms with van der Waals surface area (Å²) in [5, 5.41) is 9.23. The second-order valence-corrected chi connectivity index (χ2v) is 8.70. The first kappa shape index (κ1) is 15.9. The average Bonchev–Trinajstić information content (AvgIpc) is 2.36. The van der Waals surface area contributed by atoms with Crippen LogP contribution in [0.3, 0.4) is 0 Å². The molecule has 1 rings (SSSR count). The Hall–Kier alpha value is 0.860. The van der Waals surface area contributed by atoms with E-state index in [1.54, 1.807) is 0 Å². The normalized spacial score (nSPS) is 29.3. The largest absolute Gasteiger partial charge is 0.368 e. The van der Waals surface area contributed by atoms with Crippen LogP contribution in [0.5, 0.6) is 0 Å². The topological polar surface area (TPSA) is 54.4 Å². The minimum absolute atomic E-state index is 0.317. The minimum Gasteiger partial charge on any atom is -0.368 e. The van der Waals surface area contributed by atoms with Gasteiger partial charge >= 0.3 is 0 Å². The fourth-order valence-corrected chi connectivity index (χ4v) is 4.06. The molecular weight excluding hydrogens is 294 g/mol. The van der Waals surface area contributed by atoms with E-state index < -0.39 is 22.0 Å². The Morgan fingerprint density at radius 3 is 2.35 bits per heavy atom. The molecule has 0 aromatic heterocycles. The molecule has 0 saturated heterocycles. The summed E-state index contributed by atoms with van der Waals surface area (Å²) < 4.78 is 21.2. The Morgan fingerprint density at radius 1 is 1.24 bits per heavy atom. The molecule has 7 heteroatoms. The maximum atomic E-state index is 10.6. The molecule has 0 spiro atoms. The van der Waals surface area contributed by atoms with Gasteiger partial charge in [-0.1, -0.05) is 0 Å². The Kier molecular flexibility index (Phi) is 7.60. The third-order valence-electron chi connectivity index (χ3n) is 2.95. The van der Waals surface area contributed by atoms with Crippen molar-refractivity contribution in [3.8, 4) is 0 Å². The van der Waals surface area contributed by atoms with Crippen LogP contribution in [0.2, 0.25) is 0 Å². The second-order valence-electron chi connectivity index (χ2n) is 4.36. The highest BCUT2D eigenvalue weighted by molar-refractivity contribution is 7.99. The van der Waals surface area contributed by atoms with E-state index in [1.165, 1.54) is 25.7 Å². The standard InChI is InChI=1S/C10H18O3P2S2/c11-10(14-12,15-13)6-1-7-17-9-4-2-8(16)3-5-9/h8-9,11,16H,1-7H2. The lowest BCUT2D eigenvalue weighted by molar-refractivity contribution is 0.203. The van der Waals surface area contributed by atoms with E-state index in [4.69, 9.17) is 0 Å². The van der Waals surface area contributed by atoms with Gasteiger partial charge in [0.1, 0.15) is 0 Å². The molecule has 0 unspecified atom stereocenters. The third kappa shape index (κ3) is 6.02. The molecule has 1 aliphatic rings. The average molecular weight is 312 g/mol. The van der Waals surface area contributed by atoms with Crippen molar-refractivity contribution in [2.45, 2.75) is 54.1 Å². The zero-order chi connectivity index (χ0) is 12.7. The van der Waals surface area contributed by atoms with Crippen molar-refractivity contribution in [1.82, 2.24) is 0 Å². The number of thioether (sulfide) groups is 1. The monoisotopic (exact) mass is 312 g/mol. The van der Waals surface area contributed by atoms with Crippen molar-refractivity contribution in [2.24, 2.45) is 0 Å². The van der Waals surface area contributed by atoms with Crippen molar-refractivity contribution < 1.29 is 14.2 Å². The summed E-state index contributed by atoms with van der Waals surface area (Å²) in [5.41, 5.74) is 0. The fraction of sp³-hybridized carbons (Fsp3) is 1.00. The highest BCUT2D eigenvalue weighted by atomic mass is 32.2. The highest BCUT2D eigenvalue weighted by Crippen LogP contribution is 2.37. The van der Waals surface area contributed by atoms with Crippen LogP contribution >= 0.6 is 41.3 Å². The van der Waals surface area contributed by atoms with Crippen LogP contribution in [-0.4, -0.2) is 26.4 Å². The molecule has 0 aliphatic heterocycles. The van der Waals surface area contributed by atoms with Crippen molar-refractivity contribution in [1.29, 1.82) is 0 Å². The van der Waals surface area contributed by atoms with Crippen molar-refractivity contribution in [2.75, 3.05) is 5.75 Å². The van der Waals surface area contributed by atoms with E-state index in [0.717, 1.165) is 12.2 Å². The Bertz CT molecular complexity index is 250. The summed E-state index contributed by atoms with van der Waals surface area (Å²) in [6, 6.07) is 0. The summed E-state index contributed by atoms with van der Waals surface area (Å²) in [5.74, 6) is 0.926. The lowest BCUT2D eigenvalue weighted by Gasteiger charge is -2.25. The van der Waals surface area contributed by atoms with Crippen LogP contribution in [0.4, 0.5) is 0 Å². The summed E-state index contributed by atoms with van der Waals surface area (Å²) in [6.07, 6.45) is 5.85. The Balaban J connectivity index is 2.12. The van der Waals surface area contributed by atoms with Gasteiger partial charge in [-0.2, -0.15) is 24.4 Å². The summed E-state index contributed by atoms with van der Waals surface area (Å²) in [4.78, 5) is 0. The molecule has 17 heavy (non-hydrogen) atoms. The van der Waals surface area contributed by atoms with Crippen LogP contribution in [0.1, 0.15) is 38.5 Å². The van der Waals surface area contributed by atoms with Crippen LogP contribution in [-0.2, 0) is 9.13 Å². The zero-order valence-electron chi connectivity index (χ0n) is 9.62. The third-order valence-corrected chi connectivity index (χ3v) is 6.45. The first-order valence-electron chi connectivity index (χ1n) is 5.81. The van der Waals surface area contributed by atoms with Crippen molar-refractivity contribution >= 4 is 41.3 Å². The van der Waals surface area contributed by atoms with Crippen LogP contribution in [0.25, 0.3) is 0 Å². The maximum absolute atomic E-state index is 10.6. The van der Waals surface area contributed by atoms with E-state index in [9.17, 15) is 14.2 Å². The van der Waals surface area contributed by atoms with Crippen LogP contribution in [0.15, 0.2) is 0 Å². The van der Waals surface area contributed by atoms with E-state index in [1.807, 2.05) is 11.8 Å². The van der Waals surface area contributed by atoms with Crippen LogP contribution < -0.4 is 0 Å². The second kappa shape index (κ2) is 8.12. The molecular formula is C10H18O3P2S2. The SMILES string of the molecule is O=PC(O)(CCCSC1CCC(S)CC1)P=O. The first-order chi connectivity index (χ1) is 8.09. The molecule has 1 N–H and O–H groups in total. The predicted octanol–water partition coefficient (Wildman–Crippen LogP) is 3.97. The molecule has 0 amide bonds. The van der Waals surface area contributed by atoms with Gasteiger partial charge in [0.2, 0.25) is 22.0 Å². The lowest BCUT2D eigenvalue weighted by atomic mass is 10.00. The van der Waals surface area contributed by atoms with Gasteiger partial charge in [-0.15, -0.1) is 0 Å². The van der Waals surface area contributed by atoms with Gasteiger partial charge in [0.25, 0.3) is 0 Å². The molecule has 1 saturated carbocycles. The van der Waals surface area contributed by atoms with Crippen LogP contribution in [0, 0.1) is 0 Å². The highest BCUT2D eigenvalue weighted by Gasteiger charge is 2.28. The lowest BCUT2D eigenvalue weighted by Crippen LogP contribution is -2.17. The predicted molar refractivity (Wildman–Crippen MR) is 76.9 cm³/mol. The van der Waals surface area contributed by atoms with Gasteiger partial charge in [-0.25, -0.2) is 0 Å². The van der Waals surface area contributed by atoms with Gasteiger partial charge < -0.3 is 5.11 Å². The summed E-state index contributed by atoms with van der Waals surface area (Å²) in [7, 11) is -0.903. The molecule has 0 bridgehead atoms. The van der Waals surface area contributed by atoms with Gasteiger partial charge in [0, 0.05) is 10.5 Å². The quantitative estimate of drug-likeness (QED) is 0.424. The van der Waals surface area contributed by atoms with Crippen molar-refractivity contribution in [3.63, 3.8) is 0 Å². The van der Waals surface area contributed by atoms with E-state index in [0.29, 0.717) is 16.9 Å². The molecule has 0 aromatic carbocycles. The molecule has 0 heterocycles. The van der Waals surface area contributed by atoms with Gasteiger partial charge in [0.15, 0.2) is 0 Å². The number of rotatable bonds is 7. The number of hydrogen-bond donors (Lipinski definition) is 2. The number of aliphatic hydroxyl groups is 1.